The predicted octanol–water partition coefficient (Wildman–Crippen LogP) is 3.62. The van der Waals surface area contributed by atoms with E-state index >= 15 is 0 Å². The number of phenolic OH excluding ortho intramolecular Hbond substituents is 1. The van der Waals surface area contributed by atoms with Gasteiger partial charge in [0, 0.05) is 22.9 Å². The van der Waals surface area contributed by atoms with Crippen LogP contribution in [-0.4, -0.2) is 43.2 Å². The molecule has 0 amide bonds. The van der Waals surface area contributed by atoms with Crippen molar-refractivity contribution in [3.8, 4) is 11.5 Å². The van der Waals surface area contributed by atoms with E-state index in [-0.39, 0.29) is 46.8 Å². The Kier molecular flexibility index (Phi) is 7.37. The van der Waals surface area contributed by atoms with E-state index in [1.54, 1.807) is 26.8 Å². The van der Waals surface area contributed by atoms with Crippen LogP contribution in [-0.2, 0) is 23.9 Å². The molecule has 0 saturated heterocycles. The van der Waals surface area contributed by atoms with E-state index in [0.717, 1.165) is 0 Å². The Morgan fingerprint density at radius 2 is 1.94 bits per heavy atom. The number of phenols is 1. The normalized spacial score (nSPS) is 22.5. The molecule has 1 aliphatic heterocycles. The van der Waals surface area contributed by atoms with Gasteiger partial charge in [0.05, 0.1) is 30.9 Å². The van der Waals surface area contributed by atoms with Crippen molar-refractivity contribution in [2.45, 2.75) is 40.0 Å². The Morgan fingerprint density at radius 3 is 2.55 bits per heavy atom. The zero-order chi connectivity index (χ0) is 24.4. The second-order valence-corrected chi connectivity index (χ2v) is 8.45. The summed E-state index contributed by atoms with van der Waals surface area (Å²) in [5.41, 5.74) is 2.14. The fourth-order valence-electron chi connectivity index (χ4n) is 4.52. The molecule has 0 bridgehead atoms. The number of nitrogens with one attached hydrogen (secondary N) is 1. The molecule has 3 rings (SSSR count). The first-order valence-electron chi connectivity index (χ1n) is 10.8. The van der Waals surface area contributed by atoms with Crippen LogP contribution in [0.4, 0.5) is 0 Å². The summed E-state index contributed by atoms with van der Waals surface area (Å²) in [6.07, 6.45) is 0.412. The van der Waals surface area contributed by atoms with Crippen molar-refractivity contribution in [2.24, 2.45) is 11.8 Å². The molecule has 0 radical (unpaired) electrons. The van der Waals surface area contributed by atoms with E-state index in [1.807, 2.05) is 6.92 Å². The van der Waals surface area contributed by atoms with Gasteiger partial charge in [-0.25, -0.2) is 4.79 Å². The molecule has 0 fully saturated rings. The van der Waals surface area contributed by atoms with E-state index in [9.17, 15) is 19.5 Å². The summed E-state index contributed by atoms with van der Waals surface area (Å²) in [6, 6.07) is 3.04. The first-order valence-corrected chi connectivity index (χ1v) is 11.2. The number of aromatic hydroxyl groups is 1. The Morgan fingerprint density at radius 1 is 1.24 bits per heavy atom. The van der Waals surface area contributed by atoms with Crippen molar-refractivity contribution in [3.05, 3.63) is 45.3 Å². The zero-order valence-corrected chi connectivity index (χ0v) is 20.0. The Balaban J connectivity index is 2.26. The van der Waals surface area contributed by atoms with Crippen LogP contribution in [0.5, 0.6) is 11.5 Å². The molecule has 3 unspecified atom stereocenters. The minimum atomic E-state index is -1.00. The van der Waals surface area contributed by atoms with Gasteiger partial charge in [0.25, 0.3) is 0 Å². The number of methoxy groups -OCH3 is 1. The number of hydrogen-bond acceptors (Lipinski definition) is 8. The molecule has 0 spiro atoms. The molecule has 0 aromatic heterocycles. The van der Waals surface area contributed by atoms with Gasteiger partial charge in [0.2, 0.25) is 0 Å². The Labute approximate surface area is 197 Å². The second-order valence-electron chi connectivity index (χ2n) is 8.04. The van der Waals surface area contributed by atoms with Gasteiger partial charge >= 0.3 is 11.9 Å². The molecule has 1 heterocycles. The zero-order valence-electron chi connectivity index (χ0n) is 19.3. The molecule has 8 nitrogen and oxygen atoms in total. The largest absolute Gasteiger partial charge is 0.503 e. The van der Waals surface area contributed by atoms with E-state index < -0.39 is 29.6 Å². The van der Waals surface area contributed by atoms with Crippen molar-refractivity contribution >= 4 is 29.3 Å². The van der Waals surface area contributed by atoms with Gasteiger partial charge < -0.3 is 24.6 Å². The molecule has 2 N–H and O–H groups in total. The lowest BCUT2D eigenvalue weighted by atomic mass is 9.69. The number of benzene rings is 1. The second kappa shape index (κ2) is 9.87. The average Bonchev–Trinajstić information content (AvgIpc) is 2.75. The summed E-state index contributed by atoms with van der Waals surface area (Å²) in [5.74, 6) is -3.92. The third kappa shape index (κ3) is 4.44. The lowest BCUT2D eigenvalue weighted by Gasteiger charge is -2.38. The van der Waals surface area contributed by atoms with Crippen LogP contribution >= 0.6 is 11.6 Å². The van der Waals surface area contributed by atoms with Gasteiger partial charge in [-0.15, -0.1) is 0 Å². The smallest absolute Gasteiger partial charge is 0.336 e. The number of rotatable bonds is 6. The fourth-order valence-corrected chi connectivity index (χ4v) is 4.74. The topological polar surface area (TPSA) is 111 Å². The highest BCUT2D eigenvalue weighted by Gasteiger charge is 2.47. The SMILES string of the molecule is CCOC(=O)C1=C(C)NC2=C(C(=O)C(C(=O)OC)C(C)C2)C1c1cc(Cl)c(O)c(OCC)c1. The Bertz CT molecular complexity index is 1060. The van der Waals surface area contributed by atoms with Crippen LogP contribution in [0, 0.1) is 11.8 Å². The molecule has 2 aliphatic rings. The molecule has 178 valence electrons. The van der Waals surface area contributed by atoms with E-state index in [0.29, 0.717) is 23.4 Å². The van der Waals surface area contributed by atoms with Gasteiger partial charge in [-0.2, -0.15) is 0 Å². The molecule has 33 heavy (non-hydrogen) atoms. The molecule has 0 saturated carbocycles. The molecule has 1 aromatic rings. The number of esters is 2. The van der Waals surface area contributed by atoms with Crippen molar-refractivity contribution in [1.82, 2.24) is 5.32 Å². The first kappa shape index (κ1) is 24.6. The number of Topliss-reactive ketones (excluding diaryl/α,β-unsaturated/α-hetero) is 1. The third-order valence-electron chi connectivity index (χ3n) is 5.92. The number of dihydropyridines is 1. The number of carbonyl (C=O) groups excluding carboxylic acids is 3. The first-order chi connectivity index (χ1) is 15.7. The Hall–Kier alpha value is -3.00. The molecule has 1 aliphatic carbocycles. The van der Waals surface area contributed by atoms with Crippen LogP contribution in [0.1, 0.15) is 45.6 Å². The molecular weight excluding hydrogens is 450 g/mol. The number of ketones is 1. The maximum Gasteiger partial charge on any atom is 0.336 e. The standard InChI is InChI=1S/C24H28ClNO7/c1-6-32-16-10-13(9-14(25)21(16)27)19-18(24(30)33-7-2)12(4)26-15-8-11(3)17(23(29)31-5)22(28)20(15)19/h9-11,17,19,26-27H,6-8H2,1-5H3. The van der Waals surface area contributed by atoms with Crippen molar-refractivity contribution < 1.29 is 33.7 Å². The van der Waals surface area contributed by atoms with Crippen molar-refractivity contribution in [3.63, 3.8) is 0 Å². The highest BCUT2D eigenvalue weighted by Crippen LogP contribution is 2.48. The summed E-state index contributed by atoms with van der Waals surface area (Å²) in [4.78, 5) is 39.1. The van der Waals surface area contributed by atoms with Crippen molar-refractivity contribution in [2.75, 3.05) is 20.3 Å². The lowest BCUT2D eigenvalue weighted by molar-refractivity contribution is -0.151. The average molecular weight is 478 g/mol. The summed E-state index contributed by atoms with van der Waals surface area (Å²) in [7, 11) is 1.24. The van der Waals surface area contributed by atoms with Gasteiger partial charge in [-0.3, -0.25) is 9.59 Å². The minimum Gasteiger partial charge on any atom is -0.503 e. The molecule has 9 heteroatoms. The monoisotopic (exact) mass is 477 g/mol. The molecule has 1 aromatic carbocycles. The fraction of sp³-hybridized carbons (Fsp3) is 0.458. The quantitative estimate of drug-likeness (QED) is 0.472. The number of halogens is 1. The number of hydrogen-bond donors (Lipinski definition) is 2. The highest BCUT2D eigenvalue weighted by atomic mass is 35.5. The minimum absolute atomic E-state index is 0.0126. The van der Waals surface area contributed by atoms with Crippen LogP contribution in [0.15, 0.2) is 34.7 Å². The predicted molar refractivity (Wildman–Crippen MR) is 121 cm³/mol. The van der Waals surface area contributed by atoms with Crippen molar-refractivity contribution in [1.29, 1.82) is 0 Å². The number of ether oxygens (including phenoxy) is 3. The number of carbonyl (C=O) groups is 3. The summed E-state index contributed by atoms with van der Waals surface area (Å²) < 4.78 is 15.7. The maximum atomic E-state index is 13.7. The lowest BCUT2D eigenvalue weighted by Crippen LogP contribution is -2.43. The number of allylic oxidation sites excluding steroid dienone is 3. The summed E-state index contributed by atoms with van der Waals surface area (Å²) >= 11 is 6.28. The van der Waals surface area contributed by atoms with Gasteiger partial charge in [-0.1, -0.05) is 18.5 Å². The molecular formula is C24H28ClNO7. The van der Waals surface area contributed by atoms with Gasteiger partial charge in [0.15, 0.2) is 17.3 Å². The summed E-state index contributed by atoms with van der Waals surface area (Å²) in [6.45, 7) is 7.40. The highest BCUT2D eigenvalue weighted by molar-refractivity contribution is 6.32. The maximum absolute atomic E-state index is 13.7. The third-order valence-corrected chi connectivity index (χ3v) is 6.21. The van der Waals surface area contributed by atoms with Gasteiger partial charge in [-0.05, 0) is 50.8 Å². The van der Waals surface area contributed by atoms with Gasteiger partial charge in [0.1, 0.15) is 5.92 Å². The van der Waals surface area contributed by atoms with Crippen LogP contribution in [0.3, 0.4) is 0 Å². The van der Waals surface area contributed by atoms with E-state index in [1.165, 1.54) is 13.2 Å². The van der Waals surface area contributed by atoms with E-state index in [4.69, 9.17) is 25.8 Å². The van der Waals surface area contributed by atoms with E-state index in [2.05, 4.69) is 5.32 Å². The summed E-state index contributed by atoms with van der Waals surface area (Å²) in [5, 5.41) is 13.5. The molecule has 3 atom stereocenters. The van der Waals surface area contributed by atoms with Crippen LogP contribution in [0.25, 0.3) is 0 Å². The van der Waals surface area contributed by atoms with Crippen LogP contribution in [0.2, 0.25) is 5.02 Å². The van der Waals surface area contributed by atoms with Crippen LogP contribution < -0.4 is 10.1 Å².